The lowest BCUT2D eigenvalue weighted by molar-refractivity contribution is -0.133. The van der Waals surface area contributed by atoms with E-state index in [1.54, 1.807) is 30.2 Å². The molecule has 0 N–H and O–H groups in total. The van der Waals surface area contributed by atoms with Crippen molar-refractivity contribution in [3.05, 3.63) is 30.2 Å². The van der Waals surface area contributed by atoms with Gasteiger partial charge in [-0.05, 0) is 21.0 Å². The summed E-state index contributed by atoms with van der Waals surface area (Å²) >= 11 is 0. The van der Waals surface area contributed by atoms with Gasteiger partial charge in [0.25, 0.3) is 5.91 Å². The summed E-state index contributed by atoms with van der Waals surface area (Å²) in [5, 5.41) is 0. The highest BCUT2D eigenvalue weighted by molar-refractivity contribution is 5.92. The number of likely N-dealkylation sites (tertiary alicyclic amines) is 2. The Morgan fingerprint density at radius 2 is 1.93 bits per heavy atom. The minimum absolute atomic E-state index is 0.0935. The summed E-state index contributed by atoms with van der Waals surface area (Å²) in [6, 6.07) is 0. The summed E-state index contributed by atoms with van der Waals surface area (Å²) in [6.07, 6.45) is 5.14. The molecule has 2 fully saturated rings. The van der Waals surface area contributed by atoms with Crippen molar-refractivity contribution >= 4 is 11.8 Å². The molecule has 1 aromatic rings. The van der Waals surface area contributed by atoms with Gasteiger partial charge >= 0.3 is 0 Å². The van der Waals surface area contributed by atoms with Gasteiger partial charge < -0.3 is 28.7 Å². The van der Waals surface area contributed by atoms with Gasteiger partial charge in [0.1, 0.15) is 25.5 Å². The Bertz CT molecular complexity index is 806. The second-order valence-electron chi connectivity index (χ2n) is 8.57. The fourth-order valence-electron chi connectivity index (χ4n) is 4.88. The van der Waals surface area contributed by atoms with Crippen molar-refractivity contribution in [1.29, 1.82) is 0 Å². The molecule has 0 saturated carbocycles. The van der Waals surface area contributed by atoms with Gasteiger partial charge in [0.2, 0.25) is 11.7 Å². The molecule has 0 radical (unpaired) electrons. The van der Waals surface area contributed by atoms with Crippen molar-refractivity contribution in [2.24, 2.45) is 11.3 Å². The average molecular weight is 403 g/mol. The van der Waals surface area contributed by atoms with Crippen molar-refractivity contribution in [1.82, 2.24) is 24.3 Å². The van der Waals surface area contributed by atoms with Crippen LogP contribution in [-0.2, 0) is 25.6 Å². The number of amides is 2. The zero-order valence-corrected chi connectivity index (χ0v) is 17.3. The molecule has 0 spiro atoms. The molecule has 2 saturated heterocycles. The SMILES string of the molecule is CC1=C(C(=O)N2C[C@H]3CN(C(=O)Cn4ccnc4)C[C@@]3(CN(C)C)C2)OCCO1. The van der Waals surface area contributed by atoms with Gasteiger partial charge in [-0.2, -0.15) is 0 Å². The third kappa shape index (κ3) is 3.83. The number of ether oxygens (including phenoxy) is 2. The summed E-state index contributed by atoms with van der Waals surface area (Å²) in [7, 11) is 4.08. The largest absolute Gasteiger partial charge is 0.491 e. The van der Waals surface area contributed by atoms with Gasteiger partial charge in [-0.15, -0.1) is 0 Å². The fourth-order valence-corrected chi connectivity index (χ4v) is 4.88. The van der Waals surface area contributed by atoms with E-state index in [0.29, 0.717) is 57.5 Å². The van der Waals surface area contributed by atoms with Crippen LogP contribution in [0.5, 0.6) is 0 Å². The number of nitrogens with zero attached hydrogens (tertiary/aromatic N) is 5. The van der Waals surface area contributed by atoms with Crippen molar-refractivity contribution in [3.8, 4) is 0 Å². The molecule has 2 amide bonds. The smallest absolute Gasteiger partial charge is 0.292 e. The molecular formula is C20H29N5O4. The summed E-state index contributed by atoms with van der Waals surface area (Å²) in [6.45, 7) is 6.33. The van der Waals surface area contributed by atoms with Gasteiger partial charge in [0.15, 0.2) is 0 Å². The van der Waals surface area contributed by atoms with Gasteiger partial charge in [-0.25, -0.2) is 4.98 Å². The van der Waals surface area contributed by atoms with Gasteiger partial charge in [-0.1, -0.05) is 0 Å². The second kappa shape index (κ2) is 7.70. The minimum Gasteiger partial charge on any atom is -0.491 e. The molecule has 3 aliphatic heterocycles. The van der Waals surface area contributed by atoms with Gasteiger partial charge in [0, 0.05) is 56.5 Å². The molecule has 29 heavy (non-hydrogen) atoms. The van der Waals surface area contributed by atoms with E-state index >= 15 is 0 Å². The van der Waals surface area contributed by atoms with Crippen LogP contribution in [0.2, 0.25) is 0 Å². The van der Waals surface area contributed by atoms with Crippen LogP contribution in [0.1, 0.15) is 6.92 Å². The lowest BCUT2D eigenvalue weighted by atomic mass is 9.80. The molecule has 2 atom stereocenters. The molecule has 0 bridgehead atoms. The number of hydrogen-bond acceptors (Lipinski definition) is 6. The Labute approximate surface area is 170 Å². The number of hydrogen-bond donors (Lipinski definition) is 0. The van der Waals surface area contributed by atoms with Crippen LogP contribution in [-0.4, -0.2) is 96.1 Å². The van der Waals surface area contributed by atoms with Crippen LogP contribution in [0, 0.1) is 11.3 Å². The minimum atomic E-state index is -0.131. The van der Waals surface area contributed by atoms with E-state index in [9.17, 15) is 9.59 Å². The summed E-state index contributed by atoms with van der Waals surface area (Å²) < 4.78 is 12.9. The van der Waals surface area contributed by atoms with Crippen molar-refractivity contribution < 1.29 is 19.1 Å². The fraction of sp³-hybridized carbons (Fsp3) is 0.650. The normalized spacial score (nSPS) is 26.6. The lowest BCUT2D eigenvalue weighted by Gasteiger charge is -2.32. The van der Waals surface area contributed by atoms with E-state index in [4.69, 9.17) is 9.47 Å². The Hall–Kier alpha value is -2.55. The molecule has 0 unspecified atom stereocenters. The van der Waals surface area contributed by atoms with E-state index < -0.39 is 0 Å². The maximum absolute atomic E-state index is 13.1. The first-order valence-electron chi connectivity index (χ1n) is 10.0. The molecule has 0 aliphatic carbocycles. The van der Waals surface area contributed by atoms with Crippen LogP contribution >= 0.6 is 0 Å². The number of carbonyl (C=O) groups excluding carboxylic acids is 2. The Morgan fingerprint density at radius 3 is 2.62 bits per heavy atom. The van der Waals surface area contributed by atoms with E-state index in [0.717, 1.165) is 6.54 Å². The number of imidazole rings is 1. The molecule has 9 nitrogen and oxygen atoms in total. The first-order chi connectivity index (χ1) is 13.9. The highest BCUT2D eigenvalue weighted by Gasteiger charge is 2.55. The second-order valence-corrected chi connectivity index (χ2v) is 8.57. The van der Waals surface area contributed by atoms with Crippen LogP contribution in [0.15, 0.2) is 30.2 Å². The van der Waals surface area contributed by atoms with E-state index in [1.807, 2.05) is 23.9 Å². The predicted octanol–water partition coefficient (Wildman–Crippen LogP) is 0.0100. The average Bonchev–Trinajstić information content (AvgIpc) is 3.35. The highest BCUT2D eigenvalue weighted by Crippen LogP contribution is 2.43. The van der Waals surface area contributed by atoms with Crippen LogP contribution in [0.25, 0.3) is 0 Å². The van der Waals surface area contributed by atoms with Crippen molar-refractivity contribution in [2.75, 3.05) is 60.0 Å². The third-order valence-electron chi connectivity index (χ3n) is 6.07. The predicted molar refractivity (Wildman–Crippen MR) is 104 cm³/mol. The maximum atomic E-state index is 13.1. The van der Waals surface area contributed by atoms with Gasteiger partial charge in [0.05, 0.1) is 6.33 Å². The number of allylic oxidation sites excluding steroid dienone is 1. The maximum Gasteiger partial charge on any atom is 0.292 e. The molecule has 158 valence electrons. The zero-order chi connectivity index (χ0) is 20.6. The van der Waals surface area contributed by atoms with Gasteiger partial charge in [-0.3, -0.25) is 9.59 Å². The van der Waals surface area contributed by atoms with Crippen molar-refractivity contribution in [3.63, 3.8) is 0 Å². The molecule has 3 aliphatic rings. The lowest BCUT2D eigenvalue weighted by Crippen LogP contribution is -2.44. The number of aromatic nitrogens is 2. The van der Waals surface area contributed by atoms with Crippen LogP contribution in [0.4, 0.5) is 0 Å². The van der Waals surface area contributed by atoms with Crippen LogP contribution in [0.3, 0.4) is 0 Å². The summed E-state index contributed by atoms with van der Waals surface area (Å²) in [5.74, 6) is 1.11. The van der Waals surface area contributed by atoms with Crippen molar-refractivity contribution in [2.45, 2.75) is 13.5 Å². The topological polar surface area (TPSA) is 80.1 Å². The monoisotopic (exact) mass is 403 g/mol. The highest BCUT2D eigenvalue weighted by atomic mass is 16.6. The number of rotatable bonds is 5. The zero-order valence-electron chi connectivity index (χ0n) is 17.3. The van der Waals surface area contributed by atoms with Crippen LogP contribution < -0.4 is 0 Å². The molecule has 4 heterocycles. The number of fused-ring (bicyclic) bond motifs is 1. The molecule has 0 aromatic carbocycles. The van der Waals surface area contributed by atoms with E-state index in [2.05, 4.69) is 9.88 Å². The third-order valence-corrected chi connectivity index (χ3v) is 6.07. The Kier molecular flexibility index (Phi) is 5.24. The Balaban J connectivity index is 1.48. The Morgan fingerprint density at radius 1 is 1.21 bits per heavy atom. The molecule has 1 aromatic heterocycles. The first-order valence-corrected chi connectivity index (χ1v) is 10.0. The standard InChI is InChI=1S/C20H29N5O4/c1-15-18(29-7-6-28-15)19(27)25-9-16-8-24(12-20(16,13-25)11-22(2)3)17(26)10-23-5-4-21-14-23/h4-5,14,16H,6-13H2,1-3H3/t16-,20+/m1/s1. The molecule has 4 rings (SSSR count). The molecule has 9 heteroatoms. The quantitative estimate of drug-likeness (QED) is 0.689. The summed E-state index contributed by atoms with van der Waals surface area (Å²) in [5.41, 5.74) is -0.131. The van der Waals surface area contributed by atoms with E-state index in [1.165, 1.54) is 0 Å². The van der Waals surface area contributed by atoms with E-state index in [-0.39, 0.29) is 23.1 Å². The number of carbonyl (C=O) groups is 2. The first kappa shape index (κ1) is 19.8. The molecular weight excluding hydrogens is 374 g/mol. The summed E-state index contributed by atoms with van der Waals surface area (Å²) in [4.78, 5) is 35.8.